The van der Waals surface area contributed by atoms with E-state index in [1.807, 2.05) is 13.8 Å². The lowest BCUT2D eigenvalue weighted by Crippen LogP contribution is -2.62. The molecule has 688 valence electrons. The molecule has 32 nitrogen and oxygen atoms in total. The number of carbonyl (C=O) groups is 6. The Kier molecular flexibility index (Phi) is 27.3. The fourth-order valence-corrected chi connectivity index (χ4v) is 26.9. The van der Waals surface area contributed by atoms with Crippen LogP contribution in [0.25, 0.3) is 0 Å². The van der Waals surface area contributed by atoms with Crippen molar-refractivity contribution in [3.05, 3.63) is 23.3 Å². The molecule has 0 amide bonds. The molecule has 32 heteroatoms. The lowest BCUT2D eigenvalue weighted by atomic mass is 9.43. The van der Waals surface area contributed by atoms with Gasteiger partial charge in [-0.25, -0.2) is 9.59 Å². The van der Waals surface area contributed by atoms with Gasteiger partial charge in [-0.15, -0.1) is 0 Å². The Labute approximate surface area is 714 Å². The van der Waals surface area contributed by atoms with Gasteiger partial charge in [0, 0.05) is 114 Å². The summed E-state index contributed by atoms with van der Waals surface area (Å²) in [6, 6.07) is 0. The maximum absolute atomic E-state index is 12.9. The van der Waals surface area contributed by atoms with Gasteiger partial charge < -0.3 is 126 Å². The molecule has 8 aliphatic heterocycles. The van der Waals surface area contributed by atoms with Gasteiger partial charge in [-0.3, -0.25) is 19.2 Å². The molecule has 8 N–H and O–H groups in total. The highest BCUT2D eigenvalue weighted by Crippen LogP contribution is 2.73. The predicted octanol–water partition coefficient (Wildman–Crippen LogP) is 6.72. The van der Waals surface area contributed by atoms with E-state index in [9.17, 15) is 69.6 Å². The van der Waals surface area contributed by atoms with Gasteiger partial charge in [-0.05, 0) is 189 Å². The Balaban J connectivity index is 0.000000190. The second-order valence-corrected chi connectivity index (χ2v) is 40.1. The first kappa shape index (κ1) is 92.2. The standard InChI is InChI=1S/2C45H68O16/c1-21-40(51)31(48)16-37(54-21)61-42-23(3)56-38(18-33(42)57-24(4)46)60-41-22(2)55-36(17-32(41)49)59-28-10-12-43(6)27(15-28)8-9-30-29(43)11-13-44(7)39(26-14-35(50)53-20-26)34(58-25(5)47)19-45(30,44)52;1-21-40(51)31(48)16-36(54-21)60-41-22(2)55-37(17-32(41)49)61-42-23(3)56-38(18-33(42)57-24(4)46)59-28-10-12-43(6)27(15-28)8-9-30-29(43)11-13-44(7)39(26-14-35(50)53-20-26)34(58-25(5)47)19-45(30,44)52/h2*14,21-23,27-34,36-42,48-49,51-52H,8-13,15-20H2,1-7H3/t21-,22-,23-,27-,28+,29+,30-,31+,32+,33+,34+,36?,37+,38+,39+,40-,41-,42-,43+,44-,45+;21-,22-,23-,27-,28+,29+,30-,31+,32+,33+,34+,36+,37+,38?,39+,40-,41-,42-,43+,44-,45+/m11/s1. The maximum atomic E-state index is 12.9. The number of aliphatic hydroxyl groups is 8. The number of rotatable bonds is 18. The van der Waals surface area contributed by atoms with Crippen LogP contribution < -0.4 is 0 Å². The number of cyclic esters (lactones) is 2. The summed E-state index contributed by atoms with van der Waals surface area (Å²) in [4.78, 5) is 73.5. The molecule has 122 heavy (non-hydrogen) atoms. The van der Waals surface area contributed by atoms with Gasteiger partial charge in [-0.1, -0.05) is 27.7 Å². The topological polar surface area (TPSA) is 430 Å². The Bertz CT molecular complexity index is 3780. The van der Waals surface area contributed by atoms with Crippen LogP contribution in [0.1, 0.15) is 238 Å². The van der Waals surface area contributed by atoms with E-state index in [1.165, 1.54) is 39.8 Å². The highest BCUT2D eigenvalue weighted by molar-refractivity contribution is 5.86. The van der Waals surface area contributed by atoms with Crippen LogP contribution in [0.15, 0.2) is 23.3 Å². The number of aliphatic hydroxyl groups excluding tert-OH is 6. The normalized spacial score (nSPS) is 51.0. The van der Waals surface area contributed by atoms with Crippen molar-refractivity contribution >= 4 is 35.8 Å². The lowest BCUT2D eigenvalue weighted by molar-refractivity contribution is -0.336. The van der Waals surface area contributed by atoms with E-state index in [2.05, 4.69) is 27.7 Å². The molecule has 0 aromatic carbocycles. The van der Waals surface area contributed by atoms with E-state index in [0.29, 0.717) is 24.7 Å². The van der Waals surface area contributed by atoms with Crippen LogP contribution in [-0.4, -0.2) is 273 Å². The number of ether oxygens (including phenoxy) is 18. The van der Waals surface area contributed by atoms with Crippen molar-refractivity contribution in [2.45, 2.75) is 421 Å². The minimum absolute atomic E-state index is 0.0174. The molecule has 42 atom stereocenters. The summed E-state index contributed by atoms with van der Waals surface area (Å²) in [6.07, 6.45) is -3.30. The number of hydrogen-bond donors (Lipinski definition) is 8. The molecular weight excluding hydrogens is 1590 g/mol. The first-order valence-electron chi connectivity index (χ1n) is 45.4. The second kappa shape index (κ2) is 36.1. The Morgan fingerprint density at radius 3 is 1.01 bits per heavy atom. The highest BCUT2D eigenvalue weighted by Gasteiger charge is 2.74. The molecule has 16 aliphatic rings. The molecule has 16 rings (SSSR count). The molecule has 0 spiro atoms. The number of fused-ring (bicyclic) bond motifs is 10. The van der Waals surface area contributed by atoms with Crippen molar-refractivity contribution in [3.63, 3.8) is 0 Å². The van der Waals surface area contributed by atoms with E-state index in [-0.39, 0.29) is 116 Å². The molecule has 8 aliphatic carbocycles. The molecule has 0 aromatic rings. The molecule has 8 heterocycles. The average Bonchev–Trinajstić information content (AvgIpc) is 1.51. The summed E-state index contributed by atoms with van der Waals surface area (Å²) in [7, 11) is 0. The lowest BCUT2D eigenvalue weighted by Gasteiger charge is -2.63. The predicted molar refractivity (Wildman–Crippen MR) is 423 cm³/mol. The summed E-state index contributed by atoms with van der Waals surface area (Å²) < 4.78 is 109. The first-order valence-corrected chi connectivity index (χ1v) is 45.4. The first-order chi connectivity index (χ1) is 57.6. The van der Waals surface area contributed by atoms with Crippen LogP contribution in [0.2, 0.25) is 0 Å². The highest BCUT2D eigenvalue weighted by atomic mass is 16.8. The van der Waals surface area contributed by atoms with Crippen molar-refractivity contribution in [2.24, 2.45) is 69.0 Å². The third-order valence-corrected chi connectivity index (χ3v) is 32.8. The summed E-state index contributed by atoms with van der Waals surface area (Å²) >= 11 is 0. The van der Waals surface area contributed by atoms with Crippen molar-refractivity contribution in [1.29, 1.82) is 0 Å². The fourth-order valence-electron chi connectivity index (χ4n) is 26.9. The Morgan fingerprint density at radius 2 is 0.672 bits per heavy atom. The molecule has 8 saturated carbocycles. The minimum Gasteiger partial charge on any atom is -0.462 e. The second-order valence-electron chi connectivity index (χ2n) is 40.1. The monoisotopic (exact) mass is 1730 g/mol. The van der Waals surface area contributed by atoms with Crippen molar-refractivity contribution < 1.29 is 155 Å². The van der Waals surface area contributed by atoms with E-state index < -0.39 is 212 Å². The summed E-state index contributed by atoms with van der Waals surface area (Å²) in [6.45, 7) is 25.3. The molecule has 14 fully saturated rings. The zero-order chi connectivity index (χ0) is 87.5. The van der Waals surface area contributed by atoms with Crippen LogP contribution in [-0.2, 0) is 114 Å². The molecule has 6 saturated heterocycles. The van der Waals surface area contributed by atoms with Crippen LogP contribution in [0, 0.1) is 69.0 Å². The zero-order valence-corrected chi connectivity index (χ0v) is 73.3. The van der Waals surface area contributed by atoms with E-state index >= 15 is 0 Å². The van der Waals surface area contributed by atoms with Gasteiger partial charge in [0.1, 0.15) is 74.3 Å². The number of esters is 6. The van der Waals surface area contributed by atoms with Crippen LogP contribution in [0.5, 0.6) is 0 Å². The van der Waals surface area contributed by atoms with Crippen LogP contribution in [0.4, 0.5) is 0 Å². The quantitative estimate of drug-likeness (QED) is 0.0401. The van der Waals surface area contributed by atoms with Gasteiger partial charge >= 0.3 is 35.8 Å². The minimum atomic E-state index is -1.07. The molecule has 0 aromatic heterocycles. The van der Waals surface area contributed by atoms with Crippen LogP contribution in [0.3, 0.4) is 0 Å². The SMILES string of the molecule is CC(=O)O[C@H]1CC(O[C@H]2CC[C@@]3(C)[C@H](CC[C@@H]4[C@@H]3CC[C@]3(C)[C@@H](C5=CC(=O)OC5)[C@@H](OC(C)=O)C[C@]43O)C2)O[C@H](C)[C@H]1O[C@H]1C[C@H](O)[C@H](O[C@H]2C[C@H](O)[C@H](O)[C@@H](C)O2)[C@@H](C)O1.CC(=O)O[C@H]1C[C@H](O[C@H]2[C@@H](O)CC(O[C@H]3CC[C@@]4(C)[C@H](CC[C@@H]5[C@@H]4CC[C@]4(C)[C@@H](C6=CC(=O)OC6)[C@@H](OC(C)=O)C[C@]54O)C3)O[C@@H]2C)O[C@H](C)[C@H]1O[C@H]1C[C@H](O)[C@H](O)[C@@H](C)O1. The van der Waals surface area contributed by atoms with Crippen molar-refractivity contribution in [2.75, 3.05) is 13.2 Å². The van der Waals surface area contributed by atoms with Gasteiger partial charge in [0.25, 0.3) is 0 Å². The van der Waals surface area contributed by atoms with Gasteiger partial charge in [0.15, 0.2) is 37.7 Å². The molecule has 0 bridgehead atoms. The average molecular weight is 1730 g/mol. The van der Waals surface area contributed by atoms with Crippen molar-refractivity contribution in [1.82, 2.24) is 0 Å². The maximum Gasteiger partial charge on any atom is 0.331 e. The molecule has 2 unspecified atom stereocenters. The number of hydrogen-bond acceptors (Lipinski definition) is 32. The van der Waals surface area contributed by atoms with E-state index in [1.54, 1.807) is 27.7 Å². The van der Waals surface area contributed by atoms with Crippen molar-refractivity contribution in [3.8, 4) is 0 Å². The zero-order valence-electron chi connectivity index (χ0n) is 73.3. The summed E-state index contributed by atoms with van der Waals surface area (Å²) in [5.74, 6) is -1.78. The van der Waals surface area contributed by atoms with Gasteiger partial charge in [-0.2, -0.15) is 0 Å². The number of carbonyl (C=O) groups excluding carboxylic acids is 6. The fraction of sp³-hybridized carbons (Fsp3) is 0.889. The molecule has 0 radical (unpaired) electrons. The third-order valence-electron chi connectivity index (χ3n) is 32.8. The van der Waals surface area contributed by atoms with Crippen LogP contribution >= 0.6 is 0 Å². The summed E-state index contributed by atoms with van der Waals surface area (Å²) in [5, 5.41) is 89.0. The Hall–Kier alpha value is -4.50. The van der Waals surface area contributed by atoms with Gasteiger partial charge in [0.2, 0.25) is 0 Å². The van der Waals surface area contributed by atoms with Gasteiger partial charge in [0.05, 0.1) is 84.4 Å². The third kappa shape index (κ3) is 17.8. The van der Waals surface area contributed by atoms with E-state index in [4.69, 9.17) is 85.3 Å². The summed E-state index contributed by atoms with van der Waals surface area (Å²) in [5.41, 5.74) is -1.72. The van der Waals surface area contributed by atoms with E-state index in [0.717, 1.165) is 101 Å². The Morgan fingerprint density at radius 1 is 0.361 bits per heavy atom. The largest absolute Gasteiger partial charge is 0.462 e. The smallest absolute Gasteiger partial charge is 0.331 e. The molecular formula is C90H136O32.